The Morgan fingerprint density at radius 1 is 0.909 bits per heavy atom. The molecular formula is C29H24N2O2. The second kappa shape index (κ2) is 9.13. The number of amides is 1. The van der Waals surface area contributed by atoms with Crippen molar-refractivity contribution < 1.29 is 9.21 Å². The highest BCUT2D eigenvalue weighted by molar-refractivity contribution is 6.07. The first-order valence-corrected chi connectivity index (χ1v) is 11.0. The van der Waals surface area contributed by atoms with Crippen LogP contribution < -0.4 is 5.32 Å². The molecule has 0 bridgehead atoms. The molecule has 1 unspecified atom stereocenters. The van der Waals surface area contributed by atoms with Crippen molar-refractivity contribution in [2.75, 3.05) is 0 Å². The number of aryl methyl sites for hydroxylation is 1. The number of nitrogens with one attached hydrogen (secondary N) is 1. The molecule has 1 N–H and O–H groups in total. The van der Waals surface area contributed by atoms with E-state index in [1.54, 1.807) is 6.26 Å². The first-order valence-electron chi connectivity index (χ1n) is 11.0. The number of pyridine rings is 1. The summed E-state index contributed by atoms with van der Waals surface area (Å²) < 4.78 is 5.56. The lowest BCUT2D eigenvalue weighted by molar-refractivity contribution is 0.0938. The molecule has 2 heterocycles. The van der Waals surface area contributed by atoms with Gasteiger partial charge >= 0.3 is 0 Å². The lowest BCUT2D eigenvalue weighted by Gasteiger charge is -2.20. The summed E-state index contributed by atoms with van der Waals surface area (Å²) in [4.78, 5) is 18.4. The van der Waals surface area contributed by atoms with Gasteiger partial charge in [0.1, 0.15) is 5.69 Å². The van der Waals surface area contributed by atoms with Crippen LogP contribution in [0.15, 0.2) is 108 Å². The predicted molar refractivity (Wildman–Crippen MR) is 131 cm³/mol. The van der Waals surface area contributed by atoms with E-state index in [1.165, 1.54) is 5.56 Å². The van der Waals surface area contributed by atoms with Gasteiger partial charge in [0.25, 0.3) is 5.91 Å². The van der Waals surface area contributed by atoms with Gasteiger partial charge < -0.3 is 9.73 Å². The molecule has 5 rings (SSSR count). The van der Waals surface area contributed by atoms with Gasteiger partial charge in [-0.3, -0.25) is 4.79 Å². The van der Waals surface area contributed by atoms with E-state index in [0.29, 0.717) is 23.4 Å². The van der Waals surface area contributed by atoms with Crippen LogP contribution in [0, 0.1) is 6.92 Å². The fourth-order valence-electron chi connectivity index (χ4n) is 4.10. The largest absolute Gasteiger partial charge is 0.463 e. The average molecular weight is 433 g/mol. The molecule has 1 atom stereocenters. The minimum Gasteiger partial charge on any atom is -0.463 e. The van der Waals surface area contributed by atoms with Gasteiger partial charge in [-0.2, -0.15) is 0 Å². The Morgan fingerprint density at radius 3 is 2.39 bits per heavy atom. The lowest BCUT2D eigenvalue weighted by atomic mass is 9.97. The number of hydrogen-bond donors (Lipinski definition) is 1. The fraction of sp³-hybridized carbons (Fsp3) is 0.103. The second-order valence-corrected chi connectivity index (χ2v) is 8.18. The van der Waals surface area contributed by atoms with E-state index in [2.05, 4.69) is 29.6 Å². The molecule has 33 heavy (non-hydrogen) atoms. The van der Waals surface area contributed by atoms with Gasteiger partial charge in [-0.05, 0) is 54.8 Å². The maximum atomic E-state index is 13.7. The van der Waals surface area contributed by atoms with E-state index in [9.17, 15) is 4.79 Å². The van der Waals surface area contributed by atoms with E-state index < -0.39 is 0 Å². The molecule has 0 aliphatic heterocycles. The van der Waals surface area contributed by atoms with Crippen LogP contribution in [0.3, 0.4) is 0 Å². The zero-order valence-electron chi connectivity index (χ0n) is 18.4. The molecule has 0 fully saturated rings. The highest BCUT2D eigenvalue weighted by atomic mass is 16.3. The Balaban J connectivity index is 1.55. The third-order valence-corrected chi connectivity index (χ3v) is 5.77. The SMILES string of the molecule is Cc1ccc2nc(-c3ccco3)cc(C(=O)NC(Cc3ccccc3)c3ccccc3)c2c1. The molecule has 0 aliphatic rings. The molecule has 4 nitrogen and oxygen atoms in total. The Labute approximate surface area is 192 Å². The zero-order valence-corrected chi connectivity index (χ0v) is 18.4. The molecule has 0 spiro atoms. The number of nitrogens with zero attached hydrogens (tertiary/aromatic N) is 1. The van der Waals surface area contributed by atoms with Crippen molar-refractivity contribution in [1.82, 2.24) is 10.3 Å². The first-order chi connectivity index (χ1) is 16.2. The predicted octanol–water partition coefficient (Wildman–Crippen LogP) is 6.52. The highest BCUT2D eigenvalue weighted by Crippen LogP contribution is 2.27. The number of carbonyl (C=O) groups excluding carboxylic acids is 1. The Bertz CT molecular complexity index is 1380. The monoisotopic (exact) mass is 432 g/mol. The standard InChI is InChI=1S/C29H24N2O2/c1-20-14-15-25-23(17-20)24(19-27(30-25)28-13-8-16-33-28)29(32)31-26(22-11-6-3-7-12-22)18-21-9-4-2-5-10-21/h2-17,19,26H,18H2,1H3,(H,31,32). The molecule has 0 radical (unpaired) electrons. The van der Waals surface area contributed by atoms with E-state index in [1.807, 2.05) is 79.7 Å². The number of carbonyl (C=O) groups is 1. The summed E-state index contributed by atoms with van der Waals surface area (Å²) in [6.07, 6.45) is 2.31. The molecule has 5 aromatic rings. The van der Waals surface area contributed by atoms with Gasteiger partial charge in [0, 0.05) is 5.39 Å². The van der Waals surface area contributed by atoms with E-state index in [4.69, 9.17) is 9.40 Å². The van der Waals surface area contributed by atoms with Crippen LogP contribution in [0.4, 0.5) is 0 Å². The van der Waals surface area contributed by atoms with Gasteiger partial charge in [-0.15, -0.1) is 0 Å². The molecule has 1 amide bonds. The van der Waals surface area contributed by atoms with Crippen LogP contribution in [0.5, 0.6) is 0 Å². The van der Waals surface area contributed by atoms with Crippen molar-refractivity contribution in [3.63, 3.8) is 0 Å². The molecule has 3 aromatic carbocycles. The summed E-state index contributed by atoms with van der Waals surface area (Å²) in [7, 11) is 0. The van der Waals surface area contributed by atoms with Crippen molar-refractivity contribution >= 4 is 16.8 Å². The van der Waals surface area contributed by atoms with Gasteiger partial charge in [-0.1, -0.05) is 72.3 Å². The first kappa shape index (κ1) is 20.7. The minimum atomic E-state index is -0.166. The summed E-state index contributed by atoms with van der Waals surface area (Å²) in [6.45, 7) is 2.02. The van der Waals surface area contributed by atoms with Crippen molar-refractivity contribution in [3.05, 3.63) is 126 Å². The van der Waals surface area contributed by atoms with E-state index >= 15 is 0 Å². The van der Waals surface area contributed by atoms with Crippen LogP contribution in [-0.4, -0.2) is 10.9 Å². The number of fused-ring (bicyclic) bond motifs is 1. The average Bonchev–Trinajstić information content (AvgIpc) is 3.39. The van der Waals surface area contributed by atoms with Crippen LogP contribution in [0.2, 0.25) is 0 Å². The highest BCUT2D eigenvalue weighted by Gasteiger charge is 2.20. The van der Waals surface area contributed by atoms with Crippen LogP contribution in [0.25, 0.3) is 22.4 Å². The Kier molecular flexibility index (Phi) is 5.73. The molecule has 0 saturated carbocycles. The third-order valence-electron chi connectivity index (χ3n) is 5.77. The second-order valence-electron chi connectivity index (χ2n) is 8.18. The maximum Gasteiger partial charge on any atom is 0.252 e. The number of benzene rings is 3. The van der Waals surface area contributed by atoms with Gasteiger partial charge in [0.2, 0.25) is 0 Å². The van der Waals surface area contributed by atoms with Crippen molar-refractivity contribution in [2.24, 2.45) is 0 Å². The minimum absolute atomic E-state index is 0.134. The van der Waals surface area contributed by atoms with Crippen molar-refractivity contribution in [3.8, 4) is 11.5 Å². The molecule has 162 valence electrons. The van der Waals surface area contributed by atoms with Crippen LogP contribution in [0.1, 0.15) is 33.1 Å². The summed E-state index contributed by atoms with van der Waals surface area (Å²) in [5.74, 6) is 0.501. The van der Waals surface area contributed by atoms with Crippen LogP contribution >= 0.6 is 0 Å². The van der Waals surface area contributed by atoms with Gasteiger partial charge in [0.05, 0.1) is 23.4 Å². The zero-order chi connectivity index (χ0) is 22.6. The summed E-state index contributed by atoms with van der Waals surface area (Å²) in [6, 6.07) is 31.6. The smallest absolute Gasteiger partial charge is 0.252 e. The quantitative estimate of drug-likeness (QED) is 0.332. The topological polar surface area (TPSA) is 55.1 Å². The number of rotatable bonds is 6. The molecule has 0 saturated heterocycles. The lowest BCUT2D eigenvalue weighted by Crippen LogP contribution is -2.30. The number of hydrogen-bond acceptors (Lipinski definition) is 3. The van der Waals surface area contributed by atoms with Gasteiger partial charge in [0.15, 0.2) is 5.76 Å². The normalized spacial score (nSPS) is 11.9. The van der Waals surface area contributed by atoms with E-state index in [-0.39, 0.29) is 11.9 Å². The summed E-state index contributed by atoms with van der Waals surface area (Å²) >= 11 is 0. The molecule has 2 aromatic heterocycles. The molecule has 4 heteroatoms. The Hall–Kier alpha value is -4.18. The van der Waals surface area contributed by atoms with Crippen LogP contribution in [-0.2, 0) is 6.42 Å². The van der Waals surface area contributed by atoms with E-state index in [0.717, 1.165) is 22.0 Å². The fourth-order valence-corrected chi connectivity index (χ4v) is 4.10. The number of furan rings is 1. The van der Waals surface area contributed by atoms with Crippen molar-refractivity contribution in [2.45, 2.75) is 19.4 Å². The molecule has 0 aliphatic carbocycles. The van der Waals surface area contributed by atoms with Gasteiger partial charge in [-0.25, -0.2) is 4.98 Å². The molecular weight excluding hydrogens is 408 g/mol. The maximum absolute atomic E-state index is 13.7. The summed E-state index contributed by atoms with van der Waals surface area (Å²) in [5, 5.41) is 4.11. The van der Waals surface area contributed by atoms with Crippen molar-refractivity contribution in [1.29, 1.82) is 0 Å². The number of aromatic nitrogens is 1. The Morgan fingerprint density at radius 2 is 1.67 bits per heavy atom. The summed E-state index contributed by atoms with van der Waals surface area (Å²) in [5.41, 5.74) is 5.30. The third kappa shape index (κ3) is 4.55.